The van der Waals surface area contributed by atoms with Crippen LogP contribution in [0.4, 0.5) is 0 Å². The average molecular weight is 284 g/mol. The Morgan fingerprint density at radius 2 is 2.00 bits per heavy atom. The topological polar surface area (TPSA) is 32.7 Å². The number of nitrogens with zero attached hydrogens (tertiary/aromatic N) is 1. The predicted molar refractivity (Wildman–Crippen MR) is 78.2 cm³/mol. The molecule has 0 unspecified atom stereocenters. The first-order chi connectivity index (χ1) is 9.09. The minimum Gasteiger partial charge on any atom is -0.508 e. The van der Waals surface area contributed by atoms with Gasteiger partial charge in [-0.05, 0) is 56.0 Å². The molecule has 0 bridgehead atoms. The summed E-state index contributed by atoms with van der Waals surface area (Å²) in [6.07, 6.45) is 1.91. The molecule has 106 valence electrons. The summed E-state index contributed by atoms with van der Waals surface area (Å²) in [6.45, 7) is 8.65. The first kappa shape index (κ1) is 14.6. The SMILES string of the molecule is Cc1cc(O)c(CCCN2CCOCC2)c(C)c1Cl. The van der Waals surface area contributed by atoms with E-state index in [4.69, 9.17) is 16.3 Å². The number of phenolic OH excluding ortho intramolecular Hbond substituents is 1. The number of ether oxygens (including phenoxy) is 1. The van der Waals surface area contributed by atoms with Gasteiger partial charge in [0.15, 0.2) is 0 Å². The molecule has 0 spiro atoms. The van der Waals surface area contributed by atoms with Gasteiger partial charge in [0, 0.05) is 18.1 Å². The Morgan fingerprint density at radius 1 is 1.32 bits per heavy atom. The van der Waals surface area contributed by atoms with Gasteiger partial charge in [0.2, 0.25) is 0 Å². The first-order valence-electron chi connectivity index (χ1n) is 6.87. The Morgan fingerprint density at radius 3 is 2.68 bits per heavy atom. The molecule has 1 aliphatic rings. The van der Waals surface area contributed by atoms with Crippen LogP contribution in [0.2, 0.25) is 5.02 Å². The lowest BCUT2D eigenvalue weighted by molar-refractivity contribution is 0.0374. The van der Waals surface area contributed by atoms with Gasteiger partial charge in [-0.25, -0.2) is 0 Å². The van der Waals surface area contributed by atoms with E-state index in [2.05, 4.69) is 4.90 Å². The number of phenols is 1. The lowest BCUT2D eigenvalue weighted by Crippen LogP contribution is -2.36. The van der Waals surface area contributed by atoms with Gasteiger partial charge in [-0.3, -0.25) is 4.90 Å². The Hall–Kier alpha value is -0.770. The van der Waals surface area contributed by atoms with Crippen LogP contribution in [0.5, 0.6) is 5.75 Å². The van der Waals surface area contributed by atoms with Crippen molar-refractivity contribution in [1.29, 1.82) is 0 Å². The van der Waals surface area contributed by atoms with E-state index >= 15 is 0 Å². The summed E-state index contributed by atoms with van der Waals surface area (Å²) in [6, 6.07) is 1.76. The van der Waals surface area contributed by atoms with Crippen LogP contribution in [0.1, 0.15) is 23.1 Å². The number of hydrogen-bond donors (Lipinski definition) is 1. The van der Waals surface area contributed by atoms with Crippen LogP contribution in [0.25, 0.3) is 0 Å². The summed E-state index contributed by atoms with van der Waals surface area (Å²) < 4.78 is 5.33. The minimum atomic E-state index is 0.376. The molecule has 1 fully saturated rings. The van der Waals surface area contributed by atoms with E-state index in [0.29, 0.717) is 5.75 Å². The molecule has 1 aliphatic heterocycles. The van der Waals surface area contributed by atoms with Crippen LogP contribution < -0.4 is 0 Å². The maximum Gasteiger partial charge on any atom is 0.119 e. The van der Waals surface area contributed by atoms with Crippen molar-refractivity contribution in [2.75, 3.05) is 32.8 Å². The molecule has 1 aromatic rings. The summed E-state index contributed by atoms with van der Waals surface area (Å²) in [4.78, 5) is 2.41. The zero-order chi connectivity index (χ0) is 13.8. The van der Waals surface area contributed by atoms with E-state index in [-0.39, 0.29) is 0 Å². The minimum absolute atomic E-state index is 0.376. The summed E-state index contributed by atoms with van der Waals surface area (Å²) in [5, 5.41) is 10.8. The van der Waals surface area contributed by atoms with Gasteiger partial charge in [-0.15, -0.1) is 0 Å². The number of rotatable bonds is 4. The van der Waals surface area contributed by atoms with Crippen molar-refractivity contribution < 1.29 is 9.84 Å². The number of benzene rings is 1. The third-order valence-corrected chi connectivity index (χ3v) is 4.38. The molecule has 1 heterocycles. The van der Waals surface area contributed by atoms with Gasteiger partial charge in [0.1, 0.15) is 5.75 Å². The van der Waals surface area contributed by atoms with Crippen LogP contribution in [0.15, 0.2) is 6.07 Å². The van der Waals surface area contributed by atoms with Crippen LogP contribution >= 0.6 is 11.6 Å². The zero-order valence-corrected chi connectivity index (χ0v) is 12.5. The Balaban J connectivity index is 1.94. The molecule has 0 aromatic heterocycles. The number of morpholine rings is 1. The lowest BCUT2D eigenvalue weighted by atomic mass is 10.00. The quantitative estimate of drug-likeness (QED) is 0.922. The molecule has 1 aromatic carbocycles. The van der Waals surface area contributed by atoms with Crippen molar-refractivity contribution >= 4 is 11.6 Å². The lowest BCUT2D eigenvalue weighted by Gasteiger charge is -2.26. The molecule has 0 atom stereocenters. The van der Waals surface area contributed by atoms with Gasteiger partial charge in [0.05, 0.1) is 13.2 Å². The highest BCUT2D eigenvalue weighted by molar-refractivity contribution is 6.32. The molecule has 3 nitrogen and oxygen atoms in total. The second-order valence-electron chi connectivity index (χ2n) is 5.19. The van der Waals surface area contributed by atoms with Gasteiger partial charge >= 0.3 is 0 Å². The average Bonchev–Trinajstić information content (AvgIpc) is 2.41. The van der Waals surface area contributed by atoms with E-state index in [1.165, 1.54) is 0 Å². The second kappa shape index (κ2) is 6.60. The highest BCUT2D eigenvalue weighted by atomic mass is 35.5. The smallest absolute Gasteiger partial charge is 0.119 e. The fourth-order valence-corrected chi connectivity index (χ4v) is 2.76. The Labute approximate surface area is 120 Å². The fourth-order valence-electron chi connectivity index (χ4n) is 2.60. The number of halogens is 1. The molecule has 2 rings (SSSR count). The van der Waals surface area contributed by atoms with E-state index in [0.717, 1.165) is 67.4 Å². The highest BCUT2D eigenvalue weighted by Crippen LogP contribution is 2.31. The molecule has 0 saturated carbocycles. The predicted octanol–water partition coefficient (Wildman–Crippen LogP) is 2.93. The van der Waals surface area contributed by atoms with E-state index in [1.54, 1.807) is 6.07 Å². The largest absolute Gasteiger partial charge is 0.508 e. The van der Waals surface area contributed by atoms with Crippen molar-refractivity contribution in [2.24, 2.45) is 0 Å². The summed E-state index contributed by atoms with van der Waals surface area (Å²) >= 11 is 6.24. The van der Waals surface area contributed by atoms with Crippen LogP contribution in [-0.4, -0.2) is 42.9 Å². The number of aryl methyl sites for hydroxylation is 1. The molecule has 4 heteroatoms. The monoisotopic (exact) mass is 283 g/mol. The van der Waals surface area contributed by atoms with Crippen molar-refractivity contribution in [3.63, 3.8) is 0 Å². The number of hydrogen-bond acceptors (Lipinski definition) is 3. The van der Waals surface area contributed by atoms with Crippen molar-refractivity contribution in [2.45, 2.75) is 26.7 Å². The normalized spacial score (nSPS) is 16.8. The molecule has 0 aliphatic carbocycles. The van der Waals surface area contributed by atoms with Crippen LogP contribution in [-0.2, 0) is 11.2 Å². The Bertz CT molecular complexity index is 442. The molecule has 0 amide bonds. The van der Waals surface area contributed by atoms with Gasteiger partial charge < -0.3 is 9.84 Å². The molecule has 0 radical (unpaired) electrons. The maximum absolute atomic E-state index is 10.0. The second-order valence-corrected chi connectivity index (χ2v) is 5.57. The first-order valence-corrected chi connectivity index (χ1v) is 7.25. The van der Waals surface area contributed by atoms with Gasteiger partial charge in [0.25, 0.3) is 0 Å². The standard InChI is InChI=1S/C15H22ClNO2/c1-11-10-14(18)13(12(2)15(11)16)4-3-5-17-6-8-19-9-7-17/h10,18H,3-9H2,1-2H3. The molecule has 1 N–H and O–H groups in total. The van der Waals surface area contributed by atoms with Crippen molar-refractivity contribution in [3.8, 4) is 5.75 Å². The maximum atomic E-state index is 10.0. The Kier molecular flexibility index (Phi) is 5.08. The van der Waals surface area contributed by atoms with Crippen LogP contribution in [0, 0.1) is 13.8 Å². The third kappa shape index (κ3) is 3.62. The third-order valence-electron chi connectivity index (χ3n) is 3.80. The van der Waals surface area contributed by atoms with E-state index < -0.39 is 0 Å². The number of aromatic hydroxyl groups is 1. The zero-order valence-electron chi connectivity index (χ0n) is 11.7. The van der Waals surface area contributed by atoms with Crippen molar-refractivity contribution in [3.05, 3.63) is 27.8 Å². The summed E-state index contributed by atoms with van der Waals surface area (Å²) in [5.74, 6) is 0.376. The highest BCUT2D eigenvalue weighted by Gasteiger charge is 2.13. The van der Waals surface area contributed by atoms with Crippen LogP contribution in [0.3, 0.4) is 0 Å². The molecular weight excluding hydrogens is 262 g/mol. The van der Waals surface area contributed by atoms with E-state index in [1.807, 2.05) is 13.8 Å². The van der Waals surface area contributed by atoms with Crippen molar-refractivity contribution in [1.82, 2.24) is 4.90 Å². The molecule has 1 saturated heterocycles. The van der Waals surface area contributed by atoms with Gasteiger partial charge in [-0.2, -0.15) is 0 Å². The summed E-state index contributed by atoms with van der Waals surface area (Å²) in [5.41, 5.74) is 2.94. The molecule has 19 heavy (non-hydrogen) atoms. The fraction of sp³-hybridized carbons (Fsp3) is 0.600. The molecular formula is C15H22ClNO2. The van der Waals surface area contributed by atoms with Gasteiger partial charge in [-0.1, -0.05) is 11.6 Å². The summed E-state index contributed by atoms with van der Waals surface area (Å²) in [7, 11) is 0. The van der Waals surface area contributed by atoms with E-state index in [9.17, 15) is 5.11 Å².